The molecule has 0 amide bonds. The van der Waals surface area contributed by atoms with E-state index in [1.165, 1.54) is 4.57 Å². The topological polar surface area (TPSA) is 77.2 Å². The Bertz CT molecular complexity index is 949. The summed E-state index contributed by atoms with van der Waals surface area (Å²) < 4.78 is 1.43. The molecule has 0 saturated heterocycles. The predicted molar refractivity (Wildman–Crippen MR) is 94.3 cm³/mol. The Morgan fingerprint density at radius 3 is 2.42 bits per heavy atom. The van der Waals surface area contributed by atoms with E-state index in [4.69, 9.17) is 0 Å². The lowest BCUT2D eigenvalue weighted by atomic mass is 10.1. The van der Waals surface area contributed by atoms with Crippen LogP contribution in [0, 0.1) is 10.1 Å². The molecule has 2 aromatic carbocycles. The lowest BCUT2D eigenvalue weighted by Crippen LogP contribution is -2.24. The average Bonchev–Trinajstić information content (AvgIpc) is 2.60. The van der Waals surface area contributed by atoms with E-state index < -0.39 is 16.2 Å². The molecule has 1 heterocycles. The van der Waals surface area contributed by atoms with Crippen molar-refractivity contribution in [2.24, 2.45) is 0 Å². The number of pyridine rings is 1. The first-order chi connectivity index (χ1) is 11.6. The van der Waals surface area contributed by atoms with Gasteiger partial charge in [-0.25, -0.2) is 0 Å². The number of para-hydroxylation sites is 1. The lowest BCUT2D eigenvalue weighted by Gasteiger charge is -2.14. The Morgan fingerprint density at radius 1 is 1.08 bits per heavy atom. The van der Waals surface area contributed by atoms with Gasteiger partial charge in [-0.05, 0) is 18.6 Å². The van der Waals surface area contributed by atoms with Gasteiger partial charge in [0.05, 0.1) is 10.4 Å². The summed E-state index contributed by atoms with van der Waals surface area (Å²) in [5, 5.41) is 15.3. The Hall–Kier alpha value is -3.15. The summed E-state index contributed by atoms with van der Waals surface area (Å²) in [5.41, 5.74) is 0.944. The van der Waals surface area contributed by atoms with E-state index in [0.717, 1.165) is 5.56 Å². The third-order valence-corrected chi connectivity index (χ3v) is 3.96. The summed E-state index contributed by atoms with van der Waals surface area (Å²) in [6, 6.07) is 16.8. The highest BCUT2D eigenvalue weighted by atomic mass is 16.6. The van der Waals surface area contributed by atoms with Crippen LogP contribution < -0.4 is 10.9 Å². The predicted octanol–water partition coefficient (Wildman–Crippen LogP) is 3.54. The molecular formula is C18H17N3O3. The van der Waals surface area contributed by atoms with Gasteiger partial charge in [-0.2, -0.15) is 0 Å². The van der Waals surface area contributed by atoms with Gasteiger partial charge in [-0.1, -0.05) is 48.5 Å². The standard InChI is InChI=1S/C18H17N3O3/c1-2-20-15-11-7-6-10-14(15)16(17(18(20)22)21(23)24)19-12-13-8-4-3-5-9-13/h3-11,19H,2,12H2,1H3. The molecular weight excluding hydrogens is 306 g/mol. The molecule has 122 valence electrons. The van der Waals surface area contributed by atoms with Crippen LogP contribution in [-0.2, 0) is 13.1 Å². The second-order valence-corrected chi connectivity index (χ2v) is 5.39. The van der Waals surface area contributed by atoms with E-state index in [2.05, 4.69) is 5.32 Å². The number of benzene rings is 2. The van der Waals surface area contributed by atoms with Gasteiger partial charge in [0.2, 0.25) is 0 Å². The Morgan fingerprint density at radius 2 is 1.75 bits per heavy atom. The number of hydrogen-bond donors (Lipinski definition) is 1. The highest BCUT2D eigenvalue weighted by Gasteiger charge is 2.25. The van der Waals surface area contributed by atoms with Gasteiger partial charge < -0.3 is 9.88 Å². The Kier molecular flexibility index (Phi) is 4.29. The fourth-order valence-corrected chi connectivity index (χ4v) is 2.84. The van der Waals surface area contributed by atoms with Crippen molar-refractivity contribution in [3.05, 3.63) is 80.6 Å². The van der Waals surface area contributed by atoms with Crippen LogP contribution >= 0.6 is 0 Å². The molecule has 3 aromatic rings. The van der Waals surface area contributed by atoms with Crippen molar-refractivity contribution >= 4 is 22.3 Å². The summed E-state index contributed by atoms with van der Waals surface area (Å²) in [6.45, 7) is 2.58. The highest BCUT2D eigenvalue weighted by molar-refractivity contribution is 5.96. The van der Waals surface area contributed by atoms with Crippen molar-refractivity contribution in [2.75, 3.05) is 5.32 Å². The summed E-state index contributed by atoms with van der Waals surface area (Å²) in [7, 11) is 0. The first kappa shape index (κ1) is 15.7. The fourth-order valence-electron chi connectivity index (χ4n) is 2.84. The number of nitrogens with one attached hydrogen (secondary N) is 1. The van der Waals surface area contributed by atoms with Crippen molar-refractivity contribution in [3.8, 4) is 0 Å². The molecule has 6 heteroatoms. The zero-order valence-electron chi connectivity index (χ0n) is 13.2. The van der Waals surface area contributed by atoms with Gasteiger partial charge in [0.1, 0.15) is 5.69 Å². The van der Waals surface area contributed by atoms with E-state index in [0.29, 0.717) is 24.0 Å². The molecule has 0 aliphatic heterocycles. The monoisotopic (exact) mass is 323 g/mol. The van der Waals surface area contributed by atoms with Crippen molar-refractivity contribution in [1.29, 1.82) is 0 Å². The molecule has 0 spiro atoms. The van der Waals surface area contributed by atoms with Gasteiger partial charge >= 0.3 is 11.2 Å². The summed E-state index contributed by atoms with van der Waals surface area (Å²) in [6.07, 6.45) is 0. The van der Waals surface area contributed by atoms with Gasteiger partial charge in [0, 0.05) is 18.5 Å². The number of fused-ring (bicyclic) bond motifs is 1. The number of nitrogens with zero attached hydrogens (tertiary/aromatic N) is 2. The average molecular weight is 323 g/mol. The minimum atomic E-state index is -0.603. The summed E-state index contributed by atoms with van der Waals surface area (Å²) in [4.78, 5) is 23.5. The number of anilines is 1. The maximum atomic E-state index is 12.6. The number of aromatic nitrogens is 1. The third kappa shape index (κ3) is 2.74. The molecule has 24 heavy (non-hydrogen) atoms. The largest absolute Gasteiger partial charge is 0.375 e. The van der Waals surface area contributed by atoms with Crippen LogP contribution in [-0.4, -0.2) is 9.49 Å². The SMILES string of the molecule is CCn1c(=O)c([N+](=O)[O-])c(NCc2ccccc2)c2ccccc21. The van der Waals surface area contributed by atoms with Crippen LogP contribution in [0.5, 0.6) is 0 Å². The Labute approximate surface area is 138 Å². The molecule has 0 radical (unpaired) electrons. The number of hydrogen-bond acceptors (Lipinski definition) is 4. The second kappa shape index (κ2) is 6.54. The number of nitro groups is 1. The maximum absolute atomic E-state index is 12.6. The van der Waals surface area contributed by atoms with Gasteiger partial charge in [-0.15, -0.1) is 0 Å². The molecule has 0 aliphatic carbocycles. The lowest BCUT2D eigenvalue weighted by molar-refractivity contribution is -0.385. The van der Waals surface area contributed by atoms with E-state index >= 15 is 0 Å². The molecule has 0 atom stereocenters. The van der Waals surface area contributed by atoms with E-state index in [-0.39, 0.29) is 5.69 Å². The fraction of sp³-hybridized carbons (Fsp3) is 0.167. The third-order valence-electron chi connectivity index (χ3n) is 3.96. The van der Waals surface area contributed by atoms with Gasteiger partial charge in [0.25, 0.3) is 0 Å². The van der Waals surface area contributed by atoms with Crippen LogP contribution in [0.1, 0.15) is 12.5 Å². The Balaban J connectivity index is 2.19. The second-order valence-electron chi connectivity index (χ2n) is 5.39. The zero-order valence-corrected chi connectivity index (χ0v) is 13.2. The molecule has 0 aliphatic rings. The van der Waals surface area contributed by atoms with Crippen molar-refractivity contribution in [1.82, 2.24) is 4.57 Å². The summed E-state index contributed by atoms with van der Waals surface area (Å²) >= 11 is 0. The van der Waals surface area contributed by atoms with Crippen LogP contribution in [0.3, 0.4) is 0 Å². The normalized spacial score (nSPS) is 10.7. The molecule has 0 bridgehead atoms. The molecule has 1 N–H and O–H groups in total. The van der Waals surface area contributed by atoms with Crippen molar-refractivity contribution in [2.45, 2.75) is 20.0 Å². The van der Waals surface area contributed by atoms with Crippen LogP contribution in [0.2, 0.25) is 0 Å². The quantitative estimate of drug-likeness (QED) is 0.575. The van der Waals surface area contributed by atoms with Gasteiger partial charge in [-0.3, -0.25) is 14.9 Å². The highest BCUT2D eigenvalue weighted by Crippen LogP contribution is 2.30. The smallest absolute Gasteiger partial charge is 0.357 e. The van der Waals surface area contributed by atoms with Crippen molar-refractivity contribution in [3.63, 3.8) is 0 Å². The summed E-state index contributed by atoms with van der Waals surface area (Å²) in [5.74, 6) is 0. The first-order valence-electron chi connectivity index (χ1n) is 7.71. The first-order valence-corrected chi connectivity index (χ1v) is 7.71. The van der Waals surface area contributed by atoms with Crippen LogP contribution in [0.4, 0.5) is 11.4 Å². The minimum absolute atomic E-state index is 0.272. The number of aryl methyl sites for hydroxylation is 1. The molecule has 0 saturated carbocycles. The molecule has 6 nitrogen and oxygen atoms in total. The molecule has 3 rings (SSSR count). The molecule has 0 unspecified atom stereocenters. The zero-order chi connectivity index (χ0) is 17.1. The molecule has 1 aromatic heterocycles. The maximum Gasteiger partial charge on any atom is 0.357 e. The van der Waals surface area contributed by atoms with Crippen LogP contribution in [0.25, 0.3) is 10.9 Å². The van der Waals surface area contributed by atoms with E-state index in [9.17, 15) is 14.9 Å². The number of rotatable bonds is 5. The van der Waals surface area contributed by atoms with E-state index in [1.54, 1.807) is 19.1 Å². The van der Waals surface area contributed by atoms with Crippen molar-refractivity contribution < 1.29 is 4.92 Å². The minimum Gasteiger partial charge on any atom is -0.375 e. The molecule has 0 fully saturated rings. The van der Waals surface area contributed by atoms with Crippen LogP contribution in [0.15, 0.2) is 59.4 Å². The van der Waals surface area contributed by atoms with E-state index in [1.807, 2.05) is 42.5 Å². The van der Waals surface area contributed by atoms with Gasteiger partial charge in [0.15, 0.2) is 0 Å².